The summed E-state index contributed by atoms with van der Waals surface area (Å²) < 4.78 is 0. The topological polar surface area (TPSA) is 15.6 Å². The molecule has 0 amide bonds. The molecule has 0 saturated carbocycles. The van der Waals surface area contributed by atoms with Gasteiger partial charge in [-0.15, -0.1) is 12.4 Å². The monoisotopic (exact) mass is 360 g/mol. The second-order valence-corrected chi connectivity index (χ2v) is 7.12. The van der Waals surface area contributed by atoms with Crippen molar-refractivity contribution in [3.8, 4) is 0 Å². The largest absolute Gasteiger partial charge is 0.366 e. The van der Waals surface area contributed by atoms with Gasteiger partial charge in [-0.2, -0.15) is 0 Å². The number of rotatable bonds is 1. The number of amidine groups is 1. The van der Waals surface area contributed by atoms with Gasteiger partial charge in [-0.3, -0.25) is 4.99 Å². The van der Waals surface area contributed by atoms with Crippen LogP contribution in [-0.2, 0) is 19.3 Å². The highest BCUT2D eigenvalue weighted by atomic mass is 35.5. The third-order valence-corrected chi connectivity index (χ3v) is 5.34. The second-order valence-electron chi connectivity index (χ2n) is 6.71. The minimum Gasteiger partial charge on any atom is -0.366 e. The molecule has 1 aliphatic carbocycles. The third kappa shape index (κ3) is 2.94. The van der Waals surface area contributed by atoms with Gasteiger partial charge in [-0.1, -0.05) is 41.9 Å². The highest BCUT2D eigenvalue weighted by Crippen LogP contribution is 2.39. The second kappa shape index (κ2) is 6.78. The Morgan fingerprint density at radius 3 is 2.42 bits per heavy atom. The SMILES string of the molecule is CN(C)C1=NC(c2ccccc2Cl)c2cc3c(cc2C1)CCC3.Cl. The van der Waals surface area contributed by atoms with Crippen LogP contribution in [0.25, 0.3) is 0 Å². The smallest absolute Gasteiger partial charge is 0.104 e. The number of benzene rings is 2. The van der Waals surface area contributed by atoms with Crippen LogP contribution in [-0.4, -0.2) is 24.8 Å². The maximum absolute atomic E-state index is 6.49. The van der Waals surface area contributed by atoms with Gasteiger partial charge in [-0.05, 0) is 53.1 Å². The zero-order valence-electron chi connectivity index (χ0n) is 14.1. The van der Waals surface area contributed by atoms with E-state index in [2.05, 4.69) is 37.2 Å². The summed E-state index contributed by atoms with van der Waals surface area (Å²) in [7, 11) is 4.14. The first-order valence-corrected chi connectivity index (χ1v) is 8.64. The highest BCUT2D eigenvalue weighted by Gasteiger charge is 2.27. The lowest BCUT2D eigenvalue weighted by Gasteiger charge is -2.29. The molecular weight excluding hydrogens is 339 g/mol. The Kier molecular flexibility index (Phi) is 4.89. The molecule has 0 N–H and O–H groups in total. The van der Waals surface area contributed by atoms with E-state index >= 15 is 0 Å². The predicted octanol–water partition coefficient (Wildman–Crippen LogP) is 4.86. The van der Waals surface area contributed by atoms with Gasteiger partial charge in [0.1, 0.15) is 11.9 Å². The number of hydrogen-bond donors (Lipinski definition) is 0. The molecule has 1 aliphatic heterocycles. The van der Waals surface area contributed by atoms with Gasteiger partial charge >= 0.3 is 0 Å². The highest BCUT2D eigenvalue weighted by molar-refractivity contribution is 6.31. The van der Waals surface area contributed by atoms with Gasteiger partial charge in [0.25, 0.3) is 0 Å². The summed E-state index contributed by atoms with van der Waals surface area (Å²) in [6.45, 7) is 0. The molecule has 2 aromatic rings. The molecule has 126 valence electrons. The van der Waals surface area contributed by atoms with Crippen LogP contribution in [0, 0.1) is 0 Å². The molecule has 4 heteroatoms. The summed E-state index contributed by atoms with van der Waals surface area (Å²) in [4.78, 5) is 7.16. The zero-order chi connectivity index (χ0) is 16.0. The zero-order valence-corrected chi connectivity index (χ0v) is 15.6. The van der Waals surface area contributed by atoms with Crippen LogP contribution in [0.3, 0.4) is 0 Å². The Morgan fingerprint density at radius 2 is 1.71 bits per heavy atom. The Balaban J connectivity index is 0.00000169. The van der Waals surface area contributed by atoms with Crippen molar-refractivity contribution >= 4 is 29.8 Å². The van der Waals surface area contributed by atoms with Crippen LogP contribution in [0.15, 0.2) is 41.4 Å². The Bertz CT molecular complexity index is 796. The molecule has 0 spiro atoms. The van der Waals surface area contributed by atoms with E-state index in [9.17, 15) is 0 Å². The van der Waals surface area contributed by atoms with Crippen LogP contribution in [0.5, 0.6) is 0 Å². The van der Waals surface area contributed by atoms with Crippen LogP contribution < -0.4 is 0 Å². The minimum atomic E-state index is 0. The van der Waals surface area contributed by atoms with Gasteiger partial charge in [0, 0.05) is 25.5 Å². The van der Waals surface area contributed by atoms with Crippen LogP contribution in [0.1, 0.15) is 40.3 Å². The molecule has 1 heterocycles. The van der Waals surface area contributed by atoms with Crippen molar-refractivity contribution in [2.45, 2.75) is 31.7 Å². The van der Waals surface area contributed by atoms with E-state index in [0.29, 0.717) is 0 Å². The first kappa shape index (κ1) is 17.3. The molecule has 0 saturated heterocycles. The fourth-order valence-corrected chi connectivity index (χ4v) is 3.98. The number of halogens is 2. The maximum atomic E-state index is 6.49. The summed E-state index contributed by atoms with van der Waals surface area (Å²) in [5.41, 5.74) is 6.89. The van der Waals surface area contributed by atoms with E-state index < -0.39 is 0 Å². The summed E-state index contributed by atoms with van der Waals surface area (Å²) in [5, 5.41) is 0.799. The molecule has 0 bridgehead atoms. The number of likely N-dealkylation sites (N-methyl/N-ethyl adjacent to an activating group) is 1. The van der Waals surface area contributed by atoms with E-state index in [4.69, 9.17) is 16.6 Å². The Labute approximate surface area is 155 Å². The van der Waals surface area contributed by atoms with Crippen molar-refractivity contribution in [2.75, 3.05) is 14.1 Å². The number of fused-ring (bicyclic) bond motifs is 2. The molecule has 0 radical (unpaired) electrons. The van der Waals surface area contributed by atoms with Gasteiger partial charge in [0.15, 0.2) is 0 Å². The number of aryl methyl sites for hydroxylation is 2. The molecule has 0 aromatic heterocycles. The quantitative estimate of drug-likeness (QED) is 0.709. The lowest BCUT2D eigenvalue weighted by molar-refractivity contribution is 0.591. The molecule has 2 aliphatic rings. The standard InChI is InChI=1S/C20H21ClN2.ClH/c1-23(2)19-12-15-10-13-6-5-7-14(13)11-17(15)20(22-19)16-8-3-4-9-18(16)21;/h3-4,8-11,20H,5-7,12H2,1-2H3;1H. The number of aliphatic imine (C=N–C) groups is 1. The molecule has 1 atom stereocenters. The molecular formula is C20H22Cl2N2. The summed E-state index contributed by atoms with van der Waals surface area (Å²) in [6.07, 6.45) is 4.60. The van der Waals surface area contributed by atoms with Gasteiger partial charge < -0.3 is 4.90 Å². The van der Waals surface area contributed by atoms with Gasteiger partial charge in [0.2, 0.25) is 0 Å². The van der Waals surface area contributed by atoms with Crippen LogP contribution in [0.2, 0.25) is 5.02 Å². The normalized spacial score (nSPS) is 18.3. The van der Waals surface area contributed by atoms with Crippen molar-refractivity contribution in [1.29, 1.82) is 0 Å². The average Bonchev–Trinajstić information content (AvgIpc) is 2.99. The van der Waals surface area contributed by atoms with Crippen molar-refractivity contribution in [3.63, 3.8) is 0 Å². The van der Waals surface area contributed by atoms with E-state index in [1.165, 1.54) is 41.5 Å². The molecule has 1 unspecified atom stereocenters. The minimum absolute atomic E-state index is 0. The lowest BCUT2D eigenvalue weighted by atomic mass is 9.87. The first-order chi connectivity index (χ1) is 11.1. The van der Waals surface area contributed by atoms with E-state index in [1.54, 1.807) is 0 Å². The van der Waals surface area contributed by atoms with E-state index in [-0.39, 0.29) is 18.4 Å². The van der Waals surface area contributed by atoms with Crippen molar-refractivity contribution in [2.24, 2.45) is 4.99 Å². The van der Waals surface area contributed by atoms with Crippen LogP contribution >= 0.6 is 24.0 Å². The Hall–Kier alpha value is -1.51. The van der Waals surface area contributed by atoms with Crippen molar-refractivity contribution in [1.82, 2.24) is 4.90 Å². The fraction of sp³-hybridized carbons (Fsp3) is 0.350. The number of nitrogens with zero attached hydrogens (tertiary/aromatic N) is 2. The van der Waals surface area contributed by atoms with E-state index in [1.807, 2.05) is 18.2 Å². The molecule has 24 heavy (non-hydrogen) atoms. The molecule has 4 rings (SSSR count). The molecule has 2 aromatic carbocycles. The number of hydrogen-bond acceptors (Lipinski definition) is 2. The lowest BCUT2D eigenvalue weighted by Crippen LogP contribution is -2.29. The van der Waals surface area contributed by atoms with Crippen LogP contribution in [0.4, 0.5) is 0 Å². The van der Waals surface area contributed by atoms with Crippen molar-refractivity contribution in [3.05, 3.63) is 69.2 Å². The van der Waals surface area contributed by atoms with E-state index in [0.717, 1.165) is 22.8 Å². The Morgan fingerprint density at radius 1 is 1.00 bits per heavy atom. The molecule has 2 nitrogen and oxygen atoms in total. The summed E-state index contributed by atoms with van der Waals surface area (Å²) in [6, 6.07) is 12.9. The summed E-state index contributed by atoms with van der Waals surface area (Å²) >= 11 is 6.49. The maximum Gasteiger partial charge on any atom is 0.104 e. The fourth-order valence-electron chi connectivity index (χ4n) is 3.74. The summed E-state index contributed by atoms with van der Waals surface area (Å²) in [5.74, 6) is 1.13. The predicted molar refractivity (Wildman–Crippen MR) is 104 cm³/mol. The average molecular weight is 361 g/mol. The van der Waals surface area contributed by atoms with Gasteiger partial charge in [0.05, 0.1) is 0 Å². The van der Waals surface area contributed by atoms with Gasteiger partial charge in [-0.25, -0.2) is 0 Å². The first-order valence-electron chi connectivity index (χ1n) is 8.26. The van der Waals surface area contributed by atoms with Crippen molar-refractivity contribution < 1.29 is 0 Å². The third-order valence-electron chi connectivity index (χ3n) is 4.99. The molecule has 0 fully saturated rings.